The second-order valence-corrected chi connectivity index (χ2v) is 6.93. The van der Waals surface area contributed by atoms with Crippen LogP contribution in [0.4, 0.5) is 13.2 Å². The molecule has 2 aromatic rings. The number of aliphatic imine (C=N–C) groups is 1. The maximum atomic E-state index is 12.7. The van der Waals surface area contributed by atoms with Gasteiger partial charge in [-0.3, -0.25) is 4.99 Å². The Morgan fingerprint density at radius 1 is 1.30 bits per heavy atom. The van der Waals surface area contributed by atoms with Crippen molar-refractivity contribution < 1.29 is 13.2 Å². The number of benzene rings is 1. The van der Waals surface area contributed by atoms with Crippen LogP contribution in [0.3, 0.4) is 0 Å². The molecule has 0 unspecified atom stereocenters. The minimum atomic E-state index is -4.36. The number of hydrogen-bond donors (Lipinski definition) is 2. The van der Waals surface area contributed by atoms with E-state index in [0.717, 1.165) is 23.6 Å². The van der Waals surface area contributed by atoms with Crippen molar-refractivity contribution in [3.8, 4) is 11.8 Å². The summed E-state index contributed by atoms with van der Waals surface area (Å²) in [6.45, 7) is 5.53. The van der Waals surface area contributed by atoms with Gasteiger partial charge in [-0.05, 0) is 32.0 Å². The molecule has 0 aliphatic carbocycles. The number of aromatic nitrogens is 1. The number of rotatable bonds is 5. The lowest BCUT2D eigenvalue weighted by molar-refractivity contribution is -0.137. The van der Waals surface area contributed by atoms with Crippen LogP contribution in [-0.4, -0.2) is 30.6 Å². The Kier molecular flexibility index (Phi) is 7.67. The van der Waals surface area contributed by atoms with Crippen molar-refractivity contribution in [3.63, 3.8) is 0 Å². The summed E-state index contributed by atoms with van der Waals surface area (Å²) < 4.78 is 38.1. The highest BCUT2D eigenvalue weighted by molar-refractivity contribution is 7.11. The van der Waals surface area contributed by atoms with Crippen LogP contribution in [0.2, 0.25) is 0 Å². The van der Waals surface area contributed by atoms with Crippen molar-refractivity contribution in [3.05, 3.63) is 51.5 Å². The Morgan fingerprint density at radius 2 is 2.11 bits per heavy atom. The van der Waals surface area contributed by atoms with Gasteiger partial charge >= 0.3 is 6.18 Å². The highest BCUT2D eigenvalue weighted by Gasteiger charge is 2.30. The molecule has 2 rings (SSSR count). The zero-order valence-corrected chi connectivity index (χ0v) is 16.0. The Bertz CT molecular complexity index is 831. The lowest BCUT2D eigenvalue weighted by Crippen LogP contribution is -2.37. The van der Waals surface area contributed by atoms with Crippen molar-refractivity contribution in [2.24, 2.45) is 4.99 Å². The summed E-state index contributed by atoms with van der Waals surface area (Å²) in [5, 5.41) is 7.20. The Hall–Kier alpha value is -2.53. The predicted molar refractivity (Wildman–Crippen MR) is 103 cm³/mol. The third kappa shape index (κ3) is 7.31. The third-order valence-electron chi connectivity index (χ3n) is 3.38. The fourth-order valence-electron chi connectivity index (χ4n) is 2.17. The summed E-state index contributed by atoms with van der Waals surface area (Å²) in [7, 11) is 0. The van der Waals surface area contributed by atoms with Gasteiger partial charge in [-0.25, -0.2) is 4.98 Å². The van der Waals surface area contributed by atoms with Gasteiger partial charge in [0.2, 0.25) is 0 Å². The minimum Gasteiger partial charge on any atom is -0.357 e. The fraction of sp³-hybridized carbons (Fsp3) is 0.368. The van der Waals surface area contributed by atoms with E-state index >= 15 is 0 Å². The third-order valence-corrected chi connectivity index (χ3v) is 4.35. The number of thiazole rings is 1. The lowest BCUT2D eigenvalue weighted by Gasteiger charge is -2.08. The summed E-state index contributed by atoms with van der Waals surface area (Å²) in [4.78, 5) is 9.92. The van der Waals surface area contributed by atoms with Gasteiger partial charge in [0, 0.05) is 36.1 Å². The molecule has 0 amide bonds. The standard InChI is InChI=1S/C19H21F3N4S/c1-3-23-18(25-11-9-17-26-13-14(2)27-17)24-10-5-7-15-6-4-8-16(12-15)19(20,21)22/h4,6,8,12-13H,3,9-11H2,1-2H3,(H2,23,24,25). The number of alkyl halides is 3. The molecule has 0 aliphatic rings. The van der Waals surface area contributed by atoms with E-state index in [2.05, 4.69) is 32.5 Å². The van der Waals surface area contributed by atoms with Crippen molar-refractivity contribution in [2.45, 2.75) is 26.4 Å². The van der Waals surface area contributed by atoms with Gasteiger partial charge in [0.15, 0.2) is 5.96 Å². The van der Waals surface area contributed by atoms with Gasteiger partial charge in [-0.1, -0.05) is 17.9 Å². The number of nitrogens with one attached hydrogen (secondary N) is 2. The van der Waals surface area contributed by atoms with Gasteiger partial charge in [-0.2, -0.15) is 13.2 Å². The molecule has 8 heteroatoms. The fourth-order valence-corrected chi connectivity index (χ4v) is 2.95. The lowest BCUT2D eigenvalue weighted by atomic mass is 10.1. The smallest absolute Gasteiger partial charge is 0.357 e. The van der Waals surface area contributed by atoms with Gasteiger partial charge < -0.3 is 10.6 Å². The molecule has 0 spiro atoms. The van der Waals surface area contributed by atoms with E-state index in [1.54, 1.807) is 17.4 Å². The quantitative estimate of drug-likeness (QED) is 0.463. The number of aryl methyl sites for hydroxylation is 1. The molecule has 0 atom stereocenters. The molecule has 1 aromatic carbocycles. The van der Waals surface area contributed by atoms with E-state index in [9.17, 15) is 13.2 Å². The molecule has 1 heterocycles. The molecule has 0 saturated carbocycles. The summed E-state index contributed by atoms with van der Waals surface area (Å²) in [6.07, 6.45) is -1.77. The molecule has 0 aliphatic heterocycles. The Labute approximate surface area is 160 Å². The molecular formula is C19H21F3N4S. The van der Waals surface area contributed by atoms with Crippen LogP contribution in [0.15, 0.2) is 35.5 Å². The first kappa shape index (κ1) is 20.8. The maximum Gasteiger partial charge on any atom is 0.416 e. The summed E-state index contributed by atoms with van der Waals surface area (Å²) in [5.74, 6) is 6.17. The Balaban J connectivity index is 1.89. The Morgan fingerprint density at radius 3 is 2.78 bits per heavy atom. The van der Waals surface area contributed by atoms with Crippen LogP contribution < -0.4 is 10.6 Å². The highest BCUT2D eigenvalue weighted by atomic mass is 32.1. The van der Waals surface area contributed by atoms with E-state index in [1.807, 2.05) is 20.0 Å². The molecule has 2 N–H and O–H groups in total. The van der Waals surface area contributed by atoms with Gasteiger partial charge in [-0.15, -0.1) is 11.3 Å². The molecule has 0 bridgehead atoms. The maximum absolute atomic E-state index is 12.7. The molecule has 144 valence electrons. The topological polar surface area (TPSA) is 49.3 Å². The number of halogens is 3. The average Bonchev–Trinajstić information content (AvgIpc) is 3.03. The van der Waals surface area contributed by atoms with Crippen molar-refractivity contribution >= 4 is 17.3 Å². The zero-order valence-electron chi connectivity index (χ0n) is 15.2. The number of nitrogens with zero attached hydrogens (tertiary/aromatic N) is 2. The molecule has 0 radical (unpaired) electrons. The van der Waals surface area contributed by atoms with Gasteiger partial charge in [0.1, 0.15) is 0 Å². The number of hydrogen-bond acceptors (Lipinski definition) is 3. The van der Waals surface area contributed by atoms with E-state index in [-0.39, 0.29) is 6.54 Å². The second kappa shape index (κ2) is 9.97. The van der Waals surface area contributed by atoms with Gasteiger partial charge in [0.05, 0.1) is 17.1 Å². The van der Waals surface area contributed by atoms with Crippen LogP contribution in [0.1, 0.15) is 27.9 Å². The highest BCUT2D eigenvalue weighted by Crippen LogP contribution is 2.29. The number of guanidine groups is 1. The first-order valence-electron chi connectivity index (χ1n) is 8.48. The monoisotopic (exact) mass is 394 g/mol. The first-order chi connectivity index (χ1) is 12.9. The molecule has 0 saturated heterocycles. The minimum absolute atomic E-state index is 0.276. The summed E-state index contributed by atoms with van der Waals surface area (Å²) in [6, 6.07) is 4.98. The normalized spacial score (nSPS) is 11.7. The van der Waals surface area contributed by atoms with Crippen LogP contribution in [0.25, 0.3) is 0 Å². The van der Waals surface area contributed by atoms with Crippen LogP contribution >= 0.6 is 11.3 Å². The second-order valence-electron chi connectivity index (χ2n) is 5.61. The van der Waals surface area contributed by atoms with Crippen LogP contribution in [0, 0.1) is 18.8 Å². The molecule has 1 aromatic heterocycles. The van der Waals surface area contributed by atoms with E-state index < -0.39 is 11.7 Å². The van der Waals surface area contributed by atoms with E-state index in [4.69, 9.17) is 0 Å². The van der Waals surface area contributed by atoms with Crippen LogP contribution in [0.5, 0.6) is 0 Å². The van der Waals surface area contributed by atoms with Crippen molar-refractivity contribution in [2.75, 3.05) is 19.6 Å². The molecule has 4 nitrogen and oxygen atoms in total. The molecule has 27 heavy (non-hydrogen) atoms. The van der Waals surface area contributed by atoms with E-state index in [0.29, 0.717) is 24.6 Å². The largest absolute Gasteiger partial charge is 0.416 e. The predicted octanol–water partition coefficient (Wildman–Crippen LogP) is 3.62. The summed E-state index contributed by atoms with van der Waals surface area (Å²) >= 11 is 1.65. The van der Waals surface area contributed by atoms with Crippen LogP contribution in [-0.2, 0) is 12.6 Å². The molecule has 0 fully saturated rings. The van der Waals surface area contributed by atoms with Crippen molar-refractivity contribution in [1.29, 1.82) is 0 Å². The zero-order chi connectivity index (χ0) is 19.7. The SMILES string of the molecule is CCNC(=NCCc1ncc(C)s1)NCC#Cc1cccc(C(F)(F)F)c1. The average molecular weight is 394 g/mol. The van der Waals surface area contributed by atoms with Crippen molar-refractivity contribution in [1.82, 2.24) is 15.6 Å². The van der Waals surface area contributed by atoms with E-state index in [1.165, 1.54) is 10.9 Å². The van der Waals surface area contributed by atoms with Gasteiger partial charge in [0.25, 0.3) is 0 Å². The first-order valence-corrected chi connectivity index (χ1v) is 9.29. The summed E-state index contributed by atoms with van der Waals surface area (Å²) in [5.41, 5.74) is -0.373. The molecular weight excluding hydrogens is 373 g/mol.